The van der Waals surface area contributed by atoms with E-state index in [0.717, 1.165) is 4.47 Å². The molecule has 7 nitrogen and oxygen atoms in total. The molecule has 132 valence electrons. The number of anilines is 1. The number of hydrogen-bond acceptors (Lipinski definition) is 5. The molecule has 0 saturated heterocycles. The van der Waals surface area contributed by atoms with E-state index in [1.807, 2.05) is 0 Å². The summed E-state index contributed by atoms with van der Waals surface area (Å²) in [4.78, 5) is 12.3. The molecule has 0 saturated carbocycles. The number of sulfonamides is 1. The van der Waals surface area contributed by atoms with E-state index in [1.54, 1.807) is 18.2 Å². The van der Waals surface area contributed by atoms with Crippen molar-refractivity contribution in [3.8, 4) is 5.75 Å². The Balaban J connectivity index is 2.07. The van der Waals surface area contributed by atoms with Gasteiger partial charge >= 0.3 is 0 Å². The van der Waals surface area contributed by atoms with Crippen molar-refractivity contribution in [2.24, 2.45) is 5.14 Å². The zero-order valence-corrected chi connectivity index (χ0v) is 16.2. The van der Waals surface area contributed by atoms with E-state index in [4.69, 9.17) is 22.1 Å². The number of nitrogens with two attached hydrogens (primary N) is 1. The number of amides is 1. The second-order valence-corrected chi connectivity index (χ2v) is 7.71. The van der Waals surface area contributed by atoms with Gasteiger partial charge in [-0.05, 0) is 54.7 Å². The van der Waals surface area contributed by atoms with Gasteiger partial charge in [-0.3, -0.25) is 10.1 Å². The number of ether oxygens (including phenoxy) is 1. The average molecular weight is 444 g/mol. The summed E-state index contributed by atoms with van der Waals surface area (Å²) in [6.45, 7) is 0. The molecule has 0 fully saturated rings. The second-order valence-electron chi connectivity index (χ2n) is 4.82. The minimum Gasteiger partial charge on any atom is -0.496 e. The SMILES string of the molecule is COc1ccc(Br)cc1C(=O)NC(=S)Nc1ccc(S(N)(=O)=O)cc1. The molecular weight excluding hydrogens is 430 g/mol. The summed E-state index contributed by atoms with van der Waals surface area (Å²) in [6.07, 6.45) is 0. The van der Waals surface area contributed by atoms with E-state index < -0.39 is 15.9 Å². The van der Waals surface area contributed by atoms with Crippen molar-refractivity contribution in [1.29, 1.82) is 0 Å². The molecule has 2 aromatic carbocycles. The highest BCUT2D eigenvalue weighted by molar-refractivity contribution is 9.10. The molecule has 0 heterocycles. The third-order valence-electron chi connectivity index (χ3n) is 3.07. The van der Waals surface area contributed by atoms with Gasteiger partial charge in [-0.1, -0.05) is 15.9 Å². The summed E-state index contributed by atoms with van der Waals surface area (Å²) in [5, 5.41) is 10.4. The highest BCUT2D eigenvalue weighted by Gasteiger charge is 2.14. The van der Waals surface area contributed by atoms with Crippen LogP contribution in [0.15, 0.2) is 51.8 Å². The van der Waals surface area contributed by atoms with E-state index in [2.05, 4.69) is 26.6 Å². The smallest absolute Gasteiger partial charge is 0.261 e. The Bertz CT molecular complexity index is 915. The molecule has 0 atom stereocenters. The fraction of sp³-hybridized carbons (Fsp3) is 0.0667. The monoisotopic (exact) mass is 443 g/mol. The average Bonchev–Trinajstić information content (AvgIpc) is 2.54. The predicted octanol–water partition coefficient (Wildman–Crippen LogP) is 2.23. The van der Waals surface area contributed by atoms with Gasteiger partial charge in [-0.15, -0.1) is 0 Å². The molecule has 0 bridgehead atoms. The van der Waals surface area contributed by atoms with Crippen LogP contribution in [0.3, 0.4) is 0 Å². The first-order valence-electron chi connectivity index (χ1n) is 6.79. The summed E-state index contributed by atoms with van der Waals surface area (Å²) in [7, 11) is -2.30. The molecule has 2 aromatic rings. The van der Waals surface area contributed by atoms with E-state index in [-0.39, 0.29) is 10.0 Å². The minimum atomic E-state index is -3.76. The van der Waals surface area contributed by atoms with E-state index in [0.29, 0.717) is 17.0 Å². The van der Waals surface area contributed by atoms with Gasteiger partial charge in [0.2, 0.25) is 10.0 Å². The Morgan fingerprint density at radius 2 is 1.84 bits per heavy atom. The first-order valence-corrected chi connectivity index (χ1v) is 9.54. The lowest BCUT2D eigenvalue weighted by Gasteiger charge is -2.12. The van der Waals surface area contributed by atoms with Crippen molar-refractivity contribution >= 4 is 54.9 Å². The Hall–Kier alpha value is -2.01. The van der Waals surface area contributed by atoms with Crippen molar-refractivity contribution in [3.63, 3.8) is 0 Å². The van der Waals surface area contributed by atoms with Crippen LogP contribution in [0, 0.1) is 0 Å². The van der Waals surface area contributed by atoms with Crippen molar-refractivity contribution in [1.82, 2.24) is 5.32 Å². The van der Waals surface area contributed by atoms with Crippen LogP contribution in [0.2, 0.25) is 0 Å². The zero-order chi connectivity index (χ0) is 18.6. The quantitative estimate of drug-likeness (QED) is 0.624. The van der Waals surface area contributed by atoms with Crippen molar-refractivity contribution < 1.29 is 17.9 Å². The first kappa shape index (κ1) is 19.3. The first-order chi connectivity index (χ1) is 11.7. The summed E-state index contributed by atoms with van der Waals surface area (Å²) in [5.41, 5.74) is 0.810. The fourth-order valence-corrected chi connectivity index (χ4v) is 3.01. The standard InChI is InChI=1S/C15H14BrN3O4S2/c1-23-13-7-2-9(16)8-12(13)14(20)19-15(24)18-10-3-5-11(6-4-10)25(17,21)22/h2-8H,1H3,(H2,17,21,22)(H2,18,19,20,24). The zero-order valence-electron chi connectivity index (χ0n) is 12.9. The molecule has 25 heavy (non-hydrogen) atoms. The molecule has 0 aliphatic rings. The Kier molecular flexibility index (Phi) is 6.11. The second kappa shape index (κ2) is 7.91. The number of primary sulfonamides is 1. The lowest BCUT2D eigenvalue weighted by molar-refractivity contribution is 0.0974. The molecule has 1 amide bonds. The molecule has 10 heteroatoms. The fourth-order valence-electron chi connectivity index (χ4n) is 1.92. The van der Waals surface area contributed by atoms with Gasteiger partial charge < -0.3 is 10.1 Å². The molecule has 0 aliphatic carbocycles. The molecule has 0 aliphatic heterocycles. The van der Waals surface area contributed by atoms with Crippen molar-refractivity contribution in [2.45, 2.75) is 4.90 Å². The van der Waals surface area contributed by atoms with Crippen LogP contribution in [-0.4, -0.2) is 26.5 Å². The van der Waals surface area contributed by atoms with Crippen LogP contribution in [-0.2, 0) is 10.0 Å². The Morgan fingerprint density at radius 1 is 1.20 bits per heavy atom. The van der Waals surface area contributed by atoms with E-state index in [9.17, 15) is 13.2 Å². The summed E-state index contributed by atoms with van der Waals surface area (Å²) in [5.74, 6) is -0.0437. The molecular formula is C15H14BrN3O4S2. The number of thiocarbonyl (C=S) groups is 1. The third-order valence-corrected chi connectivity index (χ3v) is 4.70. The van der Waals surface area contributed by atoms with Crippen LogP contribution in [0.25, 0.3) is 0 Å². The van der Waals surface area contributed by atoms with Crippen molar-refractivity contribution in [2.75, 3.05) is 12.4 Å². The van der Waals surface area contributed by atoms with Gasteiger partial charge in [0.15, 0.2) is 5.11 Å². The summed E-state index contributed by atoms with van der Waals surface area (Å²) in [6, 6.07) is 10.6. The highest BCUT2D eigenvalue weighted by Crippen LogP contribution is 2.22. The molecule has 0 radical (unpaired) electrons. The maximum absolute atomic E-state index is 12.3. The Morgan fingerprint density at radius 3 is 2.40 bits per heavy atom. The van der Waals surface area contributed by atoms with Crippen LogP contribution in [0.1, 0.15) is 10.4 Å². The number of carbonyl (C=O) groups is 1. The van der Waals surface area contributed by atoms with Crippen LogP contribution in [0.4, 0.5) is 5.69 Å². The normalized spacial score (nSPS) is 10.8. The van der Waals surface area contributed by atoms with Crippen LogP contribution < -0.4 is 20.5 Å². The highest BCUT2D eigenvalue weighted by atomic mass is 79.9. The van der Waals surface area contributed by atoms with Gasteiger partial charge in [-0.2, -0.15) is 0 Å². The maximum atomic E-state index is 12.3. The number of halogens is 1. The Labute approximate surface area is 158 Å². The largest absolute Gasteiger partial charge is 0.496 e. The molecule has 0 aromatic heterocycles. The molecule has 2 rings (SSSR count). The van der Waals surface area contributed by atoms with E-state index in [1.165, 1.54) is 31.4 Å². The molecule has 0 unspecified atom stereocenters. The lowest BCUT2D eigenvalue weighted by Crippen LogP contribution is -2.34. The van der Waals surface area contributed by atoms with Crippen LogP contribution >= 0.6 is 28.1 Å². The maximum Gasteiger partial charge on any atom is 0.261 e. The lowest BCUT2D eigenvalue weighted by atomic mass is 10.2. The molecule has 0 spiro atoms. The summed E-state index contributed by atoms with van der Waals surface area (Å²) >= 11 is 8.39. The number of nitrogens with one attached hydrogen (secondary N) is 2. The number of hydrogen-bond donors (Lipinski definition) is 3. The van der Waals surface area contributed by atoms with Gasteiger partial charge in [0.25, 0.3) is 5.91 Å². The number of rotatable bonds is 4. The topological polar surface area (TPSA) is 111 Å². The number of methoxy groups -OCH3 is 1. The molecule has 4 N–H and O–H groups in total. The van der Waals surface area contributed by atoms with Gasteiger partial charge in [0.05, 0.1) is 17.6 Å². The van der Waals surface area contributed by atoms with Gasteiger partial charge in [-0.25, -0.2) is 13.6 Å². The van der Waals surface area contributed by atoms with Crippen LogP contribution in [0.5, 0.6) is 5.75 Å². The van der Waals surface area contributed by atoms with E-state index >= 15 is 0 Å². The summed E-state index contributed by atoms with van der Waals surface area (Å²) < 4.78 is 28.3. The number of benzene rings is 2. The minimum absolute atomic E-state index is 0.0214. The predicted molar refractivity (Wildman–Crippen MR) is 102 cm³/mol. The number of carbonyl (C=O) groups excluding carboxylic acids is 1. The third kappa shape index (κ3) is 5.23. The van der Waals surface area contributed by atoms with Gasteiger partial charge in [0, 0.05) is 10.2 Å². The van der Waals surface area contributed by atoms with Crippen molar-refractivity contribution in [3.05, 3.63) is 52.5 Å². The van der Waals surface area contributed by atoms with Gasteiger partial charge in [0.1, 0.15) is 5.75 Å².